The van der Waals surface area contributed by atoms with Crippen molar-refractivity contribution < 1.29 is 9.53 Å². The highest BCUT2D eigenvalue weighted by molar-refractivity contribution is 6.30. The molecule has 0 saturated carbocycles. The summed E-state index contributed by atoms with van der Waals surface area (Å²) in [4.78, 5) is 16.2. The van der Waals surface area contributed by atoms with E-state index in [2.05, 4.69) is 10.3 Å². The number of rotatable bonds is 4. The molecule has 0 spiro atoms. The number of amides is 1. The Morgan fingerprint density at radius 1 is 1.40 bits per heavy atom. The molecule has 1 aromatic carbocycles. The van der Waals surface area contributed by atoms with Crippen LogP contribution in [0.4, 0.5) is 5.82 Å². The second-order valence-corrected chi connectivity index (χ2v) is 4.79. The Balaban J connectivity index is 2.12. The molecular weight excluding hydrogens is 276 g/mol. The molecule has 0 aliphatic carbocycles. The van der Waals surface area contributed by atoms with Crippen molar-refractivity contribution in [1.29, 1.82) is 0 Å². The van der Waals surface area contributed by atoms with Gasteiger partial charge in [-0.2, -0.15) is 0 Å². The Kier molecular flexibility index (Phi) is 4.58. The summed E-state index contributed by atoms with van der Waals surface area (Å²) in [5, 5.41) is 3.35. The molecule has 20 heavy (non-hydrogen) atoms. The number of nitrogens with zero attached hydrogens (tertiary/aromatic N) is 1. The number of carbonyl (C=O) groups excluding carboxylic acids is 1. The Labute approximate surface area is 122 Å². The van der Waals surface area contributed by atoms with Gasteiger partial charge in [-0.1, -0.05) is 17.7 Å². The molecule has 0 bridgehead atoms. The lowest BCUT2D eigenvalue weighted by molar-refractivity contribution is -0.115. The number of benzene rings is 1. The number of hydrogen-bond donors (Lipinski definition) is 1. The summed E-state index contributed by atoms with van der Waals surface area (Å²) < 4.78 is 5.22. The standard InChI is InChI=1S/C15H15ClN2O2/c1-10-4-3-7-17-15(10)18-14(19)9-11-8-12(16)5-6-13(11)20-2/h3-8H,9H2,1-2H3,(H,17,18,19). The van der Waals surface area contributed by atoms with E-state index in [1.165, 1.54) is 0 Å². The van der Waals surface area contributed by atoms with Crippen LogP contribution in [0.1, 0.15) is 11.1 Å². The van der Waals surface area contributed by atoms with E-state index in [0.29, 0.717) is 16.6 Å². The second-order valence-electron chi connectivity index (χ2n) is 4.35. The van der Waals surface area contributed by atoms with Gasteiger partial charge in [-0.15, -0.1) is 0 Å². The van der Waals surface area contributed by atoms with Crippen LogP contribution in [0, 0.1) is 6.92 Å². The lowest BCUT2D eigenvalue weighted by Crippen LogP contribution is -2.16. The number of halogens is 1. The highest BCUT2D eigenvalue weighted by Crippen LogP contribution is 2.23. The van der Waals surface area contributed by atoms with E-state index in [1.807, 2.05) is 19.1 Å². The average molecular weight is 291 g/mol. The van der Waals surface area contributed by atoms with Crippen molar-refractivity contribution >= 4 is 23.3 Å². The van der Waals surface area contributed by atoms with E-state index in [4.69, 9.17) is 16.3 Å². The molecule has 0 saturated heterocycles. The van der Waals surface area contributed by atoms with E-state index in [-0.39, 0.29) is 12.3 Å². The topological polar surface area (TPSA) is 51.2 Å². The molecule has 1 N–H and O–H groups in total. The molecule has 0 aliphatic heterocycles. The van der Waals surface area contributed by atoms with E-state index in [0.717, 1.165) is 11.1 Å². The van der Waals surface area contributed by atoms with Crippen LogP contribution in [-0.2, 0) is 11.2 Å². The Morgan fingerprint density at radius 3 is 2.90 bits per heavy atom. The van der Waals surface area contributed by atoms with Gasteiger partial charge in [-0.25, -0.2) is 4.98 Å². The van der Waals surface area contributed by atoms with Gasteiger partial charge in [0, 0.05) is 16.8 Å². The molecule has 0 fully saturated rings. The molecule has 4 nitrogen and oxygen atoms in total. The fraction of sp³-hybridized carbons (Fsp3) is 0.200. The third-order valence-corrected chi connectivity index (χ3v) is 3.10. The summed E-state index contributed by atoms with van der Waals surface area (Å²) in [7, 11) is 1.56. The van der Waals surface area contributed by atoms with Crippen LogP contribution in [-0.4, -0.2) is 18.0 Å². The minimum atomic E-state index is -0.160. The van der Waals surface area contributed by atoms with Crippen LogP contribution in [0.5, 0.6) is 5.75 Å². The quantitative estimate of drug-likeness (QED) is 0.940. The minimum Gasteiger partial charge on any atom is -0.496 e. The lowest BCUT2D eigenvalue weighted by Gasteiger charge is -2.10. The summed E-state index contributed by atoms with van der Waals surface area (Å²) in [6.07, 6.45) is 1.82. The van der Waals surface area contributed by atoms with Gasteiger partial charge >= 0.3 is 0 Å². The molecule has 104 valence electrons. The van der Waals surface area contributed by atoms with Gasteiger partial charge in [0.1, 0.15) is 11.6 Å². The first-order chi connectivity index (χ1) is 9.60. The number of nitrogens with one attached hydrogen (secondary N) is 1. The van der Waals surface area contributed by atoms with Gasteiger partial charge in [-0.3, -0.25) is 4.79 Å². The second kappa shape index (κ2) is 6.39. The molecule has 5 heteroatoms. The van der Waals surface area contributed by atoms with Gasteiger partial charge in [-0.05, 0) is 36.8 Å². The van der Waals surface area contributed by atoms with Crippen LogP contribution in [0.3, 0.4) is 0 Å². The van der Waals surface area contributed by atoms with E-state index in [9.17, 15) is 4.79 Å². The van der Waals surface area contributed by atoms with E-state index in [1.54, 1.807) is 31.5 Å². The normalized spacial score (nSPS) is 10.2. The highest BCUT2D eigenvalue weighted by atomic mass is 35.5. The van der Waals surface area contributed by atoms with E-state index >= 15 is 0 Å². The number of aromatic nitrogens is 1. The Hall–Kier alpha value is -2.07. The molecule has 0 unspecified atom stereocenters. The maximum Gasteiger partial charge on any atom is 0.230 e. The van der Waals surface area contributed by atoms with Gasteiger partial charge in [0.05, 0.1) is 13.5 Å². The maximum atomic E-state index is 12.1. The minimum absolute atomic E-state index is 0.160. The summed E-state index contributed by atoms with van der Waals surface area (Å²) >= 11 is 5.94. The summed E-state index contributed by atoms with van der Waals surface area (Å²) in [5.41, 5.74) is 1.66. The number of pyridine rings is 1. The van der Waals surface area contributed by atoms with E-state index < -0.39 is 0 Å². The predicted molar refractivity (Wildman–Crippen MR) is 79.3 cm³/mol. The molecule has 0 aliphatic rings. The first-order valence-corrected chi connectivity index (χ1v) is 6.52. The van der Waals surface area contributed by atoms with Crippen LogP contribution in [0.15, 0.2) is 36.5 Å². The lowest BCUT2D eigenvalue weighted by atomic mass is 10.1. The average Bonchev–Trinajstić information content (AvgIpc) is 2.41. The van der Waals surface area contributed by atoms with Crippen LogP contribution in [0.25, 0.3) is 0 Å². The van der Waals surface area contributed by atoms with Crippen molar-refractivity contribution in [3.63, 3.8) is 0 Å². The smallest absolute Gasteiger partial charge is 0.230 e. The molecule has 0 radical (unpaired) electrons. The largest absolute Gasteiger partial charge is 0.496 e. The summed E-state index contributed by atoms with van der Waals surface area (Å²) in [6, 6.07) is 8.92. The van der Waals surface area contributed by atoms with Crippen molar-refractivity contribution in [3.8, 4) is 5.75 Å². The van der Waals surface area contributed by atoms with Crippen molar-refractivity contribution in [2.24, 2.45) is 0 Å². The number of ether oxygens (including phenoxy) is 1. The molecule has 2 aromatic rings. The highest BCUT2D eigenvalue weighted by Gasteiger charge is 2.11. The number of carbonyl (C=O) groups is 1. The van der Waals surface area contributed by atoms with Crippen molar-refractivity contribution in [2.75, 3.05) is 12.4 Å². The number of methoxy groups -OCH3 is 1. The predicted octanol–water partition coefficient (Wildman–Crippen LogP) is 3.23. The van der Waals surface area contributed by atoms with Crippen LogP contribution >= 0.6 is 11.6 Å². The first kappa shape index (κ1) is 14.3. The third-order valence-electron chi connectivity index (χ3n) is 2.86. The maximum absolute atomic E-state index is 12.1. The molecular formula is C15H15ClN2O2. The van der Waals surface area contributed by atoms with Crippen LogP contribution in [0.2, 0.25) is 5.02 Å². The SMILES string of the molecule is COc1ccc(Cl)cc1CC(=O)Nc1ncccc1C. The number of aryl methyl sites for hydroxylation is 1. The summed E-state index contributed by atoms with van der Waals surface area (Å²) in [5.74, 6) is 1.05. The zero-order valence-corrected chi connectivity index (χ0v) is 12.1. The molecule has 2 rings (SSSR count). The van der Waals surface area contributed by atoms with Crippen molar-refractivity contribution in [3.05, 3.63) is 52.7 Å². The first-order valence-electron chi connectivity index (χ1n) is 6.14. The molecule has 1 aromatic heterocycles. The Morgan fingerprint density at radius 2 is 2.20 bits per heavy atom. The monoisotopic (exact) mass is 290 g/mol. The van der Waals surface area contributed by atoms with Gasteiger partial charge < -0.3 is 10.1 Å². The van der Waals surface area contributed by atoms with Crippen LogP contribution < -0.4 is 10.1 Å². The third kappa shape index (κ3) is 3.48. The number of hydrogen-bond acceptors (Lipinski definition) is 3. The zero-order chi connectivity index (χ0) is 14.5. The number of anilines is 1. The molecule has 1 amide bonds. The van der Waals surface area contributed by atoms with Gasteiger partial charge in [0.15, 0.2) is 0 Å². The van der Waals surface area contributed by atoms with Crippen molar-refractivity contribution in [1.82, 2.24) is 4.98 Å². The van der Waals surface area contributed by atoms with Gasteiger partial charge in [0.2, 0.25) is 5.91 Å². The fourth-order valence-corrected chi connectivity index (χ4v) is 2.05. The molecule has 0 atom stereocenters. The Bertz CT molecular complexity index is 629. The van der Waals surface area contributed by atoms with Gasteiger partial charge in [0.25, 0.3) is 0 Å². The summed E-state index contributed by atoms with van der Waals surface area (Å²) in [6.45, 7) is 1.89. The van der Waals surface area contributed by atoms with Crippen molar-refractivity contribution in [2.45, 2.75) is 13.3 Å². The molecule has 1 heterocycles. The fourth-order valence-electron chi connectivity index (χ4n) is 1.85. The zero-order valence-electron chi connectivity index (χ0n) is 11.3.